The van der Waals surface area contributed by atoms with Crippen LogP contribution in [0, 0.1) is 0 Å². The average Bonchev–Trinajstić information content (AvgIpc) is 2.12. The highest BCUT2D eigenvalue weighted by Crippen LogP contribution is 2.06. The maximum absolute atomic E-state index is 11.2. The minimum atomic E-state index is -0.451. The van der Waals surface area contributed by atoms with Crippen LogP contribution in [-0.2, 0) is 9.57 Å². The van der Waals surface area contributed by atoms with Crippen molar-refractivity contribution >= 4 is 6.09 Å². The summed E-state index contributed by atoms with van der Waals surface area (Å²) in [5.74, 6) is 0. The van der Waals surface area contributed by atoms with E-state index in [2.05, 4.69) is 17.4 Å². The summed E-state index contributed by atoms with van der Waals surface area (Å²) in [6.45, 7) is 12.8. The first-order valence-electron chi connectivity index (χ1n) is 5.77. The van der Waals surface area contributed by atoms with Gasteiger partial charge in [-0.05, 0) is 34.1 Å². The van der Waals surface area contributed by atoms with Crippen LogP contribution < -0.4 is 10.8 Å². The Bertz CT molecular complexity index is 247. The molecule has 0 saturated heterocycles. The van der Waals surface area contributed by atoms with Gasteiger partial charge in [0.1, 0.15) is 5.60 Å². The molecule has 17 heavy (non-hydrogen) atoms. The lowest BCUT2D eigenvalue weighted by atomic mass is 10.2. The van der Waals surface area contributed by atoms with Crippen molar-refractivity contribution in [2.75, 3.05) is 19.7 Å². The van der Waals surface area contributed by atoms with Crippen molar-refractivity contribution in [3.05, 3.63) is 12.2 Å². The van der Waals surface area contributed by atoms with Crippen LogP contribution in [0.15, 0.2) is 12.2 Å². The van der Waals surface area contributed by atoms with E-state index in [0.29, 0.717) is 19.7 Å². The molecule has 0 unspecified atom stereocenters. The summed E-state index contributed by atoms with van der Waals surface area (Å²) in [5, 5.41) is 2.66. The van der Waals surface area contributed by atoms with E-state index in [1.165, 1.54) is 0 Å². The van der Waals surface area contributed by atoms with Crippen molar-refractivity contribution in [1.29, 1.82) is 0 Å². The number of rotatable bonds is 7. The molecule has 0 aromatic carbocycles. The summed E-state index contributed by atoms with van der Waals surface area (Å²) in [5.41, 5.74) is 3.30. The van der Waals surface area contributed by atoms with E-state index in [1.54, 1.807) is 0 Å². The number of nitrogens with one attached hydrogen (secondary N) is 2. The van der Waals surface area contributed by atoms with Gasteiger partial charge < -0.3 is 10.1 Å². The normalized spacial score (nSPS) is 11.1. The van der Waals surface area contributed by atoms with E-state index < -0.39 is 5.60 Å². The average molecular weight is 244 g/mol. The minimum Gasteiger partial charge on any atom is -0.444 e. The molecule has 1 amide bonds. The largest absolute Gasteiger partial charge is 0.444 e. The van der Waals surface area contributed by atoms with E-state index in [1.807, 2.05) is 27.7 Å². The van der Waals surface area contributed by atoms with Crippen molar-refractivity contribution in [3.8, 4) is 0 Å². The third-order valence-electron chi connectivity index (χ3n) is 1.54. The molecule has 5 heteroatoms. The number of carbonyl (C=O) groups excluding carboxylic acids is 1. The highest BCUT2D eigenvalue weighted by molar-refractivity contribution is 5.67. The maximum Gasteiger partial charge on any atom is 0.407 e. The van der Waals surface area contributed by atoms with Crippen LogP contribution in [0.2, 0.25) is 0 Å². The standard InChI is InChI=1S/C12H24N2O3/c1-10(2)9-16-14-8-6-7-13-11(15)17-12(3,4)5/h14H,1,6-9H2,2-5H3,(H,13,15). The minimum absolute atomic E-state index is 0.389. The van der Waals surface area contributed by atoms with Crippen LogP contribution in [0.4, 0.5) is 4.79 Å². The smallest absolute Gasteiger partial charge is 0.407 e. The number of hydrogen-bond acceptors (Lipinski definition) is 4. The van der Waals surface area contributed by atoms with Crippen molar-refractivity contribution < 1.29 is 14.4 Å². The van der Waals surface area contributed by atoms with Gasteiger partial charge in [0, 0.05) is 13.1 Å². The van der Waals surface area contributed by atoms with E-state index in [0.717, 1.165) is 12.0 Å². The van der Waals surface area contributed by atoms with Crippen molar-refractivity contribution in [3.63, 3.8) is 0 Å². The fourth-order valence-corrected chi connectivity index (χ4v) is 0.912. The van der Waals surface area contributed by atoms with Crippen LogP contribution in [-0.4, -0.2) is 31.4 Å². The Labute approximate surface area is 104 Å². The Balaban J connectivity index is 3.34. The van der Waals surface area contributed by atoms with E-state index in [-0.39, 0.29) is 6.09 Å². The van der Waals surface area contributed by atoms with Gasteiger partial charge >= 0.3 is 6.09 Å². The zero-order valence-corrected chi connectivity index (χ0v) is 11.3. The highest BCUT2D eigenvalue weighted by atomic mass is 16.6. The van der Waals surface area contributed by atoms with E-state index in [4.69, 9.17) is 9.57 Å². The molecule has 0 atom stereocenters. The first kappa shape index (κ1) is 15.9. The molecule has 0 aliphatic rings. The number of hydroxylamine groups is 1. The molecule has 0 saturated carbocycles. The second-order valence-electron chi connectivity index (χ2n) is 4.92. The second kappa shape index (κ2) is 8.08. The summed E-state index contributed by atoms with van der Waals surface area (Å²) in [6, 6.07) is 0. The van der Waals surface area contributed by atoms with Crippen LogP contribution in [0.3, 0.4) is 0 Å². The second-order valence-corrected chi connectivity index (χ2v) is 4.92. The Hall–Kier alpha value is -1.07. The summed E-state index contributed by atoms with van der Waals surface area (Å²) in [6.07, 6.45) is 0.385. The topological polar surface area (TPSA) is 59.6 Å². The molecular formula is C12H24N2O3. The first-order chi connectivity index (χ1) is 7.81. The number of hydrogen-bond donors (Lipinski definition) is 2. The van der Waals surface area contributed by atoms with Gasteiger partial charge in [-0.3, -0.25) is 4.84 Å². The molecule has 0 bridgehead atoms. The van der Waals surface area contributed by atoms with Gasteiger partial charge in [0.15, 0.2) is 0 Å². The van der Waals surface area contributed by atoms with Crippen LogP contribution >= 0.6 is 0 Å². The summed E-state index contributed by atoms with van der Waals surface area (Å²) >= 11 is 0. The molecule has 0 aliphatic heterocycles. The first-order valence-corrected chi connectivity index (χ1v) is 5.77. The van der Waals surface area contributed by atoms with E-state index in [9.17, 15) is 4.79 Å². The lowest BCUT2D eigenvalue weighted by Crippen LogP contribution is -2.34. The lowest BCUT2D eigenvalue weighted by molar-refractivity contribution is 0.0496. The molecule has 100 valence electrons. The molecular weight excluding hydrogens is 220 g/mol. The van der Waals surface area contributed by atoms with Gasteiger partial charge in [-0.2, -0.15) is 0 Å². The molecule has 0 heterocycles. The summed E-state index contributed by atoms with van der Waals surface area (Å²) in [7, 11) is 0. The fourth-order valence-electron chi connectivity index (χ4n) is 0.912. The molecule has 2 N–H and O–H groups in total. The number of alkyl carbamates (subject to hydrolysis) is 1. The summed E-state index contributed by atoms with van der Waals surface area (Å²) in [4.78, 5) is 16.3. The third kappa shape index (κ3) is 12.9. The molecule has 5 nitrogen and oxygen atoms in total. The number of amides is 1. The zero-order chi connectivity index (χ0) is 13.3. The van der Waals surface area contributed by atoms with Crippen molar-refractivity contribution in [2.24, 2.45) is 0 Å². The quantitative estimate of drug-likeness (QED) is 0.408. The Morgan fingerprint density at radius 1 is 1.29 bits per heavy atom. The summed E-state index contributed by atoms with van der Waals surface area (Å²) < 4.78 is 5.08. The van der Waals surface area contributed by atoms with Crippen molar-refractivity contribution in [1.82, 2.24) is 10.8 Å². The highest BCUT2D eigenvalue weighted by Gasteiger charge is 2.15. The number of ether oxygens (including phenoxy) is 1. The van der Waals surface area contributed by atoms with Gasteiger partial charge in [0.25, 0.3) is 0 Å². The van der Waals surface area contributed by atoms with Gasteiger partial charge in [-0.25, -0.2) is 10.3 Å². The zero-order valence-electron chi connectivity index (χ0n) is 11.3. The van der Waals surface area contributed by atoms with E-state index >= 15 is 0 Å². The Morgan fingerprint density at radius 2 is 1.94 bits per heavy atom. The van der Waals surface area contributed by atoms with Gasteiger partial charge in [0.2, 0.25) is 0 Å². The van der Waals surface area contributed by atoms with Gasteiger partial charge in [-0.15, -0.1) is 0 Å². The Kier molecular flexibility index (Phi) is 7.58. The lowest BCUT2D eigenvalue weighted by Gasteiger charge is -2.19. The van der Waals surface area contributed by atoms with Crippen LogP contribution in [0.25, 0.3) is 0 Å². The fraction of sp³-hybridized carbons (Fsp3) is 0.750. The Morgan fingerprint density at radius 3 is 2.47 bits per heavy atom. The SMILES string of the molecule is C=C(C)CONCCCNC(=O)OC(C)(C)C. The van der Waals surface area contributed by atoms with Crippen molar-refractivity contribution in [2.45, 2.75) is 39.7 Å². The predicted molar refractivity (Wildman–Crippen MR) is 67.6 cm³/mol. The third-order valence-corrected chi connectivity index (χ3v) is 1.54. The van der Waals surface area contributed by atoms with Gasteiger partial charge in [-0.1, -0.05) is 12.2 Å². The molecule has 0 rings (SSSR count). The van der Waals surface area contributed by atoms with Gasteiger partial charge in [0.05, 0.1) is 6.61 Å². The maximum atomic E-state index is 11.2. The monoisotopic (exact) mass is 244 g/mol. The molecule has 0 aromatic rings. The molecule has 0 aromatic heterocycles. The van der Waals surface area contributed by atoms with Crippen LogP contribution in [0.1, 0.15) is 34.1 Å². The van der Waals surface area contributed by atoms with Crippen LogP contribution in [0.5, 0.6) is 0 Å². The molecule has 0 fully saturated rings. The predicted octanol–water partition coefficient (Wildman–Crippen LogP) is 2.00. The number of carbonyl (C=O) groups is 1. The molecule has 0 radical (unpaired) electrons. The molecule has 0 aliphatic carbocycles. The molecule has 0 spiro atoms.